The number of benzene rings is 2. The molecule has 1 amide bonds. The highest BCUT2D eigenvalue weighted by atomic mass is 19.1. The fraction of sp³-hybridized carbons (Fsp3) is 0.364. The molecule has 1 heterocycles. The number of halogens is 1. The van der Waals surface area contributed by atoms with E-state index in [-0.39, 0.29) is 29.7 Å². The van der Waals surface area contributed by atoms with Crippen LogP contribution in [0.3, 0.4) is 0 Å². The number of rotatable bonds is 5. The zero-order chi connectivity index (χ0) is 20.6. The molecule has 3 N–H and O–H groups in total. The summed E-state index contributed by atoms with van der Waals surface area (Å²) in [5.41, 5.74) is 9.94. The Labute approximate surface area is 164 Å². The smallest absolute Gasteiger partial charge is 0.228 e. The van der Waals surface area contributed by atoms with Gasteiger partial charge in [0.25, 0.3) is 0 Å². The molecule has 0 radical (unpaired) electrons. The first-order valence-electron chi connectivity index (χ1n) is 9.54. The van der Waals surface area contributed by atoms with Crippen LogP contribution in [0.1, 0.15) is 39.3 Å². The van der Waals surface area contributed by atoms with E-state index in [0.29, 0.717) is 5.52 Å². The number of nitrogens with zero attached hydrogens (tertiary/aromatic N) is 2. The van der Waals surface area contributed by atoms with E-state index < -0.39 is 0 Å². The van der Waals surface area contributed by atoms with Crippen LogP contribution in [0.4, 0.5) is 10.1 Å². The highest BCUT2D eigenvalue weighted by Crippen LogP contribution is 2.31. The Bertz CT molecular complexity index is 1020. The zero-order valence-electron chi connectivity index (χ0n) is 17.0. The van der Waals surface area contributed by atoms with Gasteiger partial charge in [-0.2, -0.15) is 0 Å². The summed E-state index contributed by atoms with van der Waals surface area (Å²) >= 11 is 0. The first-order valence-corrected chi connectivity index (χ1v) is 9.54. The highest BCUT2D eigenvalue weighted by Gasteiger charge is 2.19. The van der Waals surface area contributed by atoms with Crippen LogP contribution in [0.5, 0.6) is 0 Å². The van der Waals surface area contributed by atoms with E-state index in [9.17, 15) is 9.18 Å². The van der Waals surface area contributed by atoms with E-state index in [1.807, 2.05) is 39.0 Å². The van der Waals surface area contributed by atoms with E-state index in [4.69, 9.17) is 5.73 Å². The van der Waals surface area contributed by atoms with Crippen LogP contribution in [0, 0.1) is 18.7 Å². The first kappa shape index (κ1) is 20.0. The number of anilines is 1. The van der Waals surface area contributed by atoms with Gasteiger partial charge in [0.2, 0.25) is 5.91 Å². The number of hydrogen-bond donors (Lipinski definition) is 2. The Morgan fingerprint density at radius 1 is 1.14 bits per heavy atom. The minimum Gasteiger partial charge on any atom is -0.327 e. The molecule has 1 aromatic heterocycles. The van der Waals surface area contributed by atoms with Crippen LogP contribution in [0.25, 0.3) is 22.4 Å². The number of fused-ring (bicyclic) bond motifs is 1. The molecular weight excluding hydrogens is 355 g/mol. The number of amides is 1. The second-order valence-corrected chi connectivity index (χ2v) is 7.70. The molecule has 0 bridgehead atoms. The number of nitrogens with one attached hydrogen (secondary N) is 1. The quantitative estimate of drug-likeness (QED) is 0.674. The summed E-state index contributed by atoms with van der Waals surface area (Å²) in [7, 11) is 0. The van der Waals surface area contributed by atoms with Crippen LogP contribution in [0.15, 0.2) is 36.4 Å². The van der Waals surface area contributed by atoms with Crippen LogP contribution >= 0.6 is 0 Å². The molecule has 2 atom stereocenters. The van der Waals surface area contributed by atoms with Crippen LogP contribution in [0.2, 0.25) is 0 Å². The van der Waals surface area contributed by atoms with Crippen molar-refractivity contribution in [3.05, 3.63) is 47.8 Å². The van der Waals surface area contributed by atoms with Crippen molar-refractivity contribution in [2.45, 2.75) is 46.7 Å². The number of aromatic nitrogens is 2. The minimum absolute atomic E-state index is 0.101. The molecule has 0 aliphatic rings. The molecule has 0 saturated heterocycles. The fourth-order valence-electron chi connectivity index (χ4n) is 3.23. The topological polar surface area (TPSA) is 72.9 Å². The van der Waals surface area contributed by atoms with E-state index in [2.05, 4.69) is 28.7 Å². The maximum atomic E-state index is 13.6. The van der Waals surface area contributed by atoms with E-state index in [1.54, 1.807) is 6.07 Å². The summed E-state index contributed by atoms with van der Waals surface area (Å²) in [4.78, 5) is 17.0. The molecule has 6 heteroatoms. The molecule has 28 heavy (non-hydrogen) atoms. The van der Waals surface area contributed by atoms with Crippen molar-refractivity contribution < 1.29 is 9.18 Å². The summed E-state index contributed by atoms with van der Waals surface area (Å²) in [5, 5.41) is 2.95. The molecule has 148 valence electrons. The molecule has 0 saturated carbocycles. The predicted octanol–water partition coefficient (Wildman–Crippen LogP) is 4.65. The third-order valence-electron chi connectivity index (χ3n) is 5.11. The summed E-state index contributed by atoms with van der Waals surface area (Å²) in [6.07, 6.45) is 0. The van der Waals surface area contributed by atoms with Crippen molar-refractivity contribution in [2.75, 3.05) is 5.32 Å². The van der Waals surface area contributed by atoms with Gasteiger partial charge in [-0.05, 0) is 63.6 Å². The summed E-state index contributed by atoms with van der Waals surface area (Å²) in [6, 6.07) is 10.4. The first-order chi connectivity index (χ1) is 13.2. The fourth-order valence-corrected chi connectivity index (χ4v) is 3.23. The van der Waals surface area contributed by atoms with Gasteiger partial charge in [-0.1, -0.05) is 6.92 Å². The van der Waals surface area contributed by atoms with Gasteiger partial charge >= 0.3 is 0 Å². The van der Waals surface area contributed by atoms with Gasteiger partial charge in [-0.3, -0.25) is 4.79 Å². The van der Waals surface area contributed by atoms with Crippen molar-refractivity contribution in [2.24, 2.45) is 11.7 Å². The SMILES string of the molecule is Cc1cc(-c2nc3cc(F)ccc3n2C(C)C)ccc1NC(=O)C(C)C(C)N. The van der Waals surface area contributed by atoms with Gasteiger partial charge in [0.1, 0.15) is 11.6 Å². The molecule has 0 aliphatic carbocycles. The van der Waals surface area contributed by atoms with Crippen molar-refractivity contribution in [3.8, 4) is 11.4 Å². The molecule has 0 aliphatic heterocycles. The van der Waals surface area contributed by atoms with Gasteiger partial charge in [0.05, 0.1) is 17.0 Å². The third-order valence-corrected chi connectivity index (χ3v) is 5.11. The second kappa shape index (κ2) is 7.72. The average Bonchev–Trinajstić information content (AvgIpc) is 3.01. The average molecular weight is 382 g/mol. The van der Waals surface area contributed by atoms with Crippen molar-refractivity contribution in [1.29, 1.82) is 0 Å². The van der Waals surface area contributed by atoms with Gasteiger partial charge in [-0.15, -0.1) is 0 Å². The van der Waals surface area contributed by atoms with Crippen molar-refractivity contribution in [3.63, 3.8) is 0 Å². The largest absolute Gasteiger partial charge is 0.327 e. The highest BCUT2D eigenvalue weighted by molar-refractivity contribution is 5.94. The molecule has 2 unspecified atom stereocenters. The lowest BCUT2D eigenvalue weighted by Crippen LogP contribution is -2.34. The lowest BCUT2D eigenvalue weighted by Gasteiger charge is -2.17. The number of nitrogens with two attached hydrogens (primary N) is 1. The zero-order valence-corrected chi connectivity index (χ0v) is 17.0. The van der Waals surface area contributed by atoms with Gasteiger partial charge in [0, 0.05) is 29.4 Å². The Balaban J connectivity index is 2.00. The molecule has 0 fully saturated rings. The molecule has 3 aromatic rings. The Hall–Kier alpha value is -2.73. The minimum atomic E-state index is -0.301. The molecule has 5 nitrogen and oxygen atoms in total. The lowest BCUT2D eigenvalue weighted by atomic mass is 10.0. The van der Waals surface area contributed by atoms with Crippen molar-refractivity contribution in [1.82, 2.24) is 9.55 Å². The summed E-state index contributed by atoms with van der Waals surface area (Å²) in [5.74, 6) is 0.0975. The van der Waals surface area contributed by atoms with Gasteiger partial charge < -0.3 is 15.6 Å². The number of imidazole rings is 1. The Morgan fingerprint density at radius 3 is 2.46 bits per heavy atom. The number of carbonyl (C=O) groups is 1. The maximum Gasteiger partial charge on any atom is 0.228 e. The number of hydrogen-bond acceptors (Lipinski definition) is 3. The summed E-state index contributed by atoms with van der Waals surface area (Å²) < 4.78 is 15.7. The van der Waals surface area contributed by atoms with E-state index in [0.717, 1.165) is 28.2 Å². The monoisotopic (exact) mass is 382 g/mol. The van der Waals surface area contributed by atoms with Gasteiger partial charge in [-0.25, -0.2) is 9.37 Å². The van der Waals surface area contributed by atoms with Crippen LogP contribution in [-0.4, -0.2) is 21.5 Å². The second-order valence-electron chi connectivity index (χ2n) is 7.70. The molecular formula is C22H27FN4O. The van der Waals surface area contributed by atoms with Crippen molar-refractivity contribution >= 4 is 22.6 Å². The molecule has 3 rings (SSSR count). The van der Waals surface area contributed by atoms with Crippen LogP contribution < -0.4 is 11.1 Å². The maximum absolute atomic E-state index is 13.6. The standard InChI is InChI=1S/C22H27FN4O/c1-12(2)27-20-9-7-17(23)11-19(20)25-21(27)16-6-8-18(13(3)10-16)26-22(28)14(4)15(5)24/h6-12,14-15H,24H2,1-5H3,(H,26,28). The third kappa shape index (κ3) is 3.78. The molecule has 0 spiro atoms. The lowest BCUT2D eigenvalue weighted by molar-refractivity contribution is -0.119. The van der Waals surface area contributed by atoms with E-state index in [1.165, 1.54) is 12.1 Å². The Morgan fingerprint density at radius 2 is 1.86 bits per heavy atom. The number of carbonyl (C=O) groups excluding carboxylic acids is 1. The normalized spacial score (nSPS) is 13.7. The number of aryl methyl sites for hydroxylation is 1. The van der Waals surface area contributed by atoms with Crippen LogP contribution in [-0.2, 0) is 4.79 Å². The summed E-state index contributed by atoms with van der Waals surface area (Å²) in [6.45, 7) is 9.72. The Kier molecular flexibility index (Phi) is 5.52. The van der Waals surface area contributed by atoms with E-state index >= 15 is 0 Å². The predicted molar refractivity (Wildman–Crippen MR) is 112 cm³/mol. The molecule has 2 aromatic carbocycles. The van der Waals surface area contributed by atoms with Gasteiger partial charge in [0.15, 0.2) is 0 Å².